The number of furan rings is 1. The average molecular weight is 297 g/mol. The van der Waals surface area contributed by atoms with E-state index in [0.717, 1.165) is 17.1 Å². The third kappa shape index (κ3) is 4.35. The van der Waals surface area contributed by atoms with Crippen molar-refractivity contribution >= 4 is 11.8 Å². The number of halogens is 2. The van der Waals surface area contributed by atoms with Crippen molar-refractivity contribution in [3.05, 3.63) is 42.2 Å². The number of rotatable bonds is 6. The van der Waals surface area contributed by atoms with E-state index in [1.807, 2.05) is 12.1 Å². The second kappa shape index (κ2) is 6.90. The summed E-state index contributed by atoms with van der Waals surface area (Å²) in [5, 5.41) is 3.28. The summed E-state index contributed by atoms with van der Waals surface area (Å²) in [4.78, 5) is 0.553. The first-order valence-electron chi connectivity index (χ1n) is 6.42. The van der Waals surface area contributed by atoms with Gasteiger partial charge in [-0.25, -0.2) is 0 Å². The van der Waals surface area contributed by atoms with Crippen molar-refractivity contribution in [2.24, 2.45) is 0 Å². The Kier molecular flexibility index (Phi) is 5.20. The fourth-order valence-corrected chi connectivity index (χ4v) is 2.23. The molecule has 0 spiro atoms. The molecule has 1 N–H and O–H groups in total. The average Bonchev–Trinajstić information content (AvgIpc) is 2.85. The van der Waals surface area contributed by atoms with E-state index in [9.17, 15) is 8.78 Å². The molecule has 0 radical (unpaired) electrons. The van der Waals surface area contributed by atoms with Crippen molar-refractivity contribution in [2.45, 2.75) is 37.1 Å². The number of thioether (sulfide) groups is 1. The first kappa shape index (κ1) is 15.1. The summed E-state index contributed by atoms with van der Waals surface area (Å²) in [6, 6.07) is 11.2. The van der Waals surface area contributed by atoms with Gasteiger partial charge in [-0.15, -0.1) is 0 Å². The van der Waals surface area contributed by atoms with Gasteiger partial charge in [-0.05, 0) is 24.3 Å². The molecule has 0 bridgehead atoms. The van der Waals surface area contributed by atoms with Crippen LogP contribution >= 0.6 is 11.8 Å². The number of nitrogens with one attached hydrogen (secondary N) is 1. The molecule has 2 rings (SSSR count). The summed E-state index contributed by atoms with van der Waals surface area (Å²) in [6.45, 7) is 4.82. The SMILES string of the molecule is CC(C)NCc1ccc(-c2ccc(SC(F)F)cc2)o1. The third-order valence-electron chi connectivity index (χ3n) is 2.71. The van der Waals surface area contributed by atoms with Crippen LogP contribution in [0.4, 0.5) is 8.78 Å². The molecule has 1 heterocycles. The minimum atomic E-state index is -2.39. The van der Waals surface area contributed by atoms with Gasteiger partial charge in [0.1, 0.15) is 11.5 Å². The Labute approximate surface area is 121 Å². The smallest absolute Gasteiger partial charge is 0.288 e. The summed E-state index contributed by atoms with van der Waals surface area (Å²) in [5.41, 5.74) is 0.888. The van der Waals surface area contributed by atoms with Gasteiger partial charge in [-0.1, -0.05) is 37.7 Å². The van der Waals surface area contributed by atoms with Crippen LogP contribution in [0.1, 0.15) is 19.6 Å². The quantitative estimate of drug-likeness (QED) is 0.778. The predicted molar refractivity (Wildman–Crippen MR) is 78.0 cm³/mol. The van der Waals surface area contributed by atoms with Crippen molar-refractivity contribution in [1.82, 2.24) is 5.32 Å². The third-order valence-corrected chi connectivity index (χ3v) is 3.43. The first-order valence-corrected chi connectivity index (χ1v) is 7.30. The summed E-state index contributed by atoms with van der Waals surface area (Å²) >= 11 is 0.545. The summed E-state index contributed by atoms with van der Waals surface area (Å²) in [6.07, 6.45) is 0. The number of hydrogen-bond acceptors (Lipinski definition) is 3. The molecule has 1 aromatic carbocycles. The van der Waals surface area contributed by atoms with E-state index in [2.05, 4.69) is 19.2 Å². The summed E-state index contributed by atoms with van der Waals surface area (Å²) in [7, 11) is 0. The van der Waals surface area contributed by atoms with Crippen LogP contribution in [0.5, 0.6) is 0 Å². The largest absolute Gasteiger partial charge is 0.460 e. The van der Waals surface area contributed by atoms with Gasteiger partial charge >= 0.3 is 0 Å². The van der Waals surface area contributed by atoms with E-state index in [1.165, 1.54) is 0 Å². The van der Waals surface area contributed by atoms with Gasteiger partial charge in [0.15, 0.2) is 0 Å². The number of benzene rings is 1. The lowest BCUT2D eigenvalue weighted by Gasteiger charge is -2.05. The lowest BCUT2D eigenvalue weighted by atomic mass is 10.2. The fourth-order valence-electron chi connectivity index (χ4n) is 1.73. The maximum Gasteiger partial charge on any atom is 0.288 e. The van der Waals surface area contributed by atoms with E-state index < -0.39 is 5.76 Å². The zero-order chi connectivity index (χ0) is 14.5. The molecule has 0 fully saturated rings. The lowest BCUT2D eigenvalue weighted by molar-refractivity contribution is 0.252. The Morgan fingerprint density at radius 3 is 2.40 bits per heavy atom. The molecule has 0 saturated carbocycles. The van der Waals surface area contributed by atoms with Crippen LogP contribution in [-0.2, 0) is 6.54 Å². The molecule has 2 nitrogen and oxygen atoms in total. The highest BCUT2D eigenvalue weighted by Crippen LogP contribution is 2.28. The molecule has 2 aromatic rings. The van der Waals surface area contributed by atoms with E-state index >= 15 is 0 Å². The zero-order valence-electron chi connectivity index (χ0n) is 11.4. The highest BCUT2D eigenvalue weighted by molar-refractivity contribution is 7.99. The van der Waals surface area contributed by atoms with Crippen LogP contribution in [0.25, 0.3) is 11.3 Å². The Bertz CT molecular complexity index is 537. The van der Waals surface area contributed by atoms with E-state index in [4.69, 9.17) is 4.42 Å². The maximum atomic E-state index is 12.2. The molecule has 5 heteroatoms. The monoisotopic (exact) mass is 297 g/mol. The van der Waals surface area contributed by atoms with E-state index in [-0.39, 0.29) is 0 Å². The van der Waals surface area contributed by atoms with Crippen molar-refractivity contribution in [1.29, 1.82) is 0 Å². The molecule has 0 atom stereocenters. The molecule has 20 heavy (non-hydrogen) atoms. The molecule has 0 aliphatic rings. The highest BCUT2D eigenvalue weighted by Gasteiger charge is 2.08. The Hall–Kier alpha value is -1.33. The van der Waals surface area contributed by atoms with Crippen LogP contribution in [0.3, 0.4) is 0 Å². The minimum absolute atomic E-state index is 0.397. The van der Waals surface area contributed by atoms with Crippen LogP contribution in [-0.4, -0.2) is 11.8 Å². The molecule has 108 valence electrons. The molecule has 0 aliphatic carbocycles. The van der Waals surface area contributed by atoms with Crippen molar-refractivity contribution in [3.63, 3.8) is 0 Å². The van der Waals surface area contributed by atoms with Crippen LogP contribution in [0, 0.1) is 0 Å². The van der Waals surface area contributed by atoms with Gasteiger partial charge in [0.05, 0.1) is 6.54 Å². The maximum absolute atomic E-state index is 12.2. The van der Waals surface area contributed by atoms with Crippen LogP contribution in [0.2, 0.25) is 0 Å². The molecule has 0 saturated heterocycles. The molecule has 0 amide bonds. The topological polar surface area (TPSA) is 25.2 Å². The molecule has 0 aliphatic heterocycles. The number of alkyl halides is 2. The van der Waals surface area contributed by atoms with E-state index in [1.54, 1.807) is 24.3 Å². The van der Waals surface area contributed by atoms with Crippen molar-refractivity contribution < 1.29 is 13.2 Å². The standard InChI is InChI=1S/C15H17F2NOS/c1-10(2)18-9-12-5-8-14(19-12)11-3-6-13(7-4-11)20-15(16)17/h3-8,10,15,18H,9H2,1-2H3. The van der Waals surface area contributed by atoms with Gasteiger partial charge in [0.2, 0.25) is 0 Å². The van der Waals surface area contributed by atoms with Gasteiger partial charge in [0, 0.05) is 16.5 Å². The highest BCUT2D eigenvalue weighted by atomic mass is 32.2. The zero-order valence-corrected chi connectivity index (χ0v) is 12.2. The van der Waals surface area contributed by atoms with Gasteiger partial charge < -0.3 is 9.73 Å². The number of hydrogen-bond donors (Lipinski definition) is 1. The first-order chi connectivity index (χ1) is 9.54. The Balaban J connectivity index is 2.04. The lowest BCUT2D eigenvalue weighted by Crippen LogP contribution is -2.21. The minimum Gasteiger partial charge on any atom is -0.460 e. The van der Waals surface area contributed by atoms with Crippen molar-refractivity contribution in [2.75, 3.05) is 0 Å². The Morgan fingerprint density at radius 2 is 1.80 bits per heavy atom. The summed E-state index contributed by atoms with van der Waals surface area (Å²) < 4.78 is 30.2. The van der Waals surface area contributed by atoms with Gasteiger partial charge in [0.25, 0.3) is 5.76 Å². The van der Waals surface area contributed by atoms with Gasteiger partial charge in [-0.3, -0.25) is 0 Å². The van der Waals surface area contributed by atoms with Crippen molar-refractivity contribution in [3.8, 4) is 11.3 Å². The van der Waals surface area contributed by atoms with Crippen LogP contribution in [0.15, 0.2) is 45.7 Å². The second-order valence-electron chi connectivity index (χ2n) is 4.70. The fraction of sp³-hybridized carbons (Fsp3) is 0.333. The normalized spacial score (nSPS) is 11.5. The summed E-state index contributed by atoms with van der Waals surface area (Å²) in [5.74, 6) is -0.781. The predicted octanol–water partition coefficient (Wildman–Crippen LogP) is 4.76. The molecular weight excluding hydrogens is 280 g/mol. The molecule has 1 aromatic heterocycles. The van der Waals surface area contributed by atoms with Crippen LogP contribution < -0.4 is 5.32 Å². The Morgan fingerprint density at radius 1 is 1.10 bits per heavy atom. The molecule has 0 unspecified atom stereocenters. The second-order valence-corrected chi connectivity index (χ2v) is 5.77. The van der Waals surface area contributed by atoms with Gasteiger partial charge in [-0.2, -0.15) is 8.78 Å². The molecular formula is C15H17F2NOS. The van der Waals surface area contributed by atoms with E-state index in [0.29, 0.717) is 29.2 Å².